The first-order valence-electron chi connectivity index (χ1n) is 7.15. The second kappa shape index (κ2) is 7.40. The monoisotopic (exact) mass is 330 g/mol. The van der Waals surface area contributed by atoms with Crippen LogP contribution in [0.25, 0.3) is 0 Å². The molecule has 0 aliphatic heterocycles. The van der Waals surface area contributed by atoms with Gasteiger partial charge in [-0.25, -0.2) is 9.78 Å². The van der Waals surface area contributed by atoms with Crippen LogP contribution in [0, 0.1) is 6.92 Å². The summed E-state index contributed by atoms with van der Waals surface area (Å²) in [4.78, 5) is 32.5. The number of nitrogens with zero attached hydrogens (tertiary/aromatic N) is 3. The van der Waals surface area contributed by atoms with Crippen molar-refractivity contribution < 1.29 is 19.1 Å². The highest BCUT2D eigenvalue weighted by Gasteiger charge is 2.20. The van der Waals surface area contributed by atoms with Crippen molar-refractivity contribution in [3.63, 3.8) is 0 Å². The lowest BCUT2D eigenvalue weighted by atomic mass is 10.3. The van der Waals surface area contributed by atoms with Crippen LogP contribution < -0.4 is 14.8 Å². The Labute approximate surface area is 139 Å². The third-order valence-corrected chi connectivity index (χ3v) is 2.80. The van der Waals surface area contributed by atoms with Crippen LogP contribution in [0.2, 0.25) is 0 Å². The third-order valence-electron chi connectivity index (χ3n) is 2.80. The molecule has 0 unspecified atom stereocenters. The Morgan fingerprint density at radius 2 is 1.79 bits per heavy atom. The second-order valence-corrected chi connectivity index (χ2v) is 5.13. The number of ether oxygens (including phenoxy) is 2. The predicted molar refractivity (Wildman–Crippen MR) is 87.3 cm³/mol. The molecule has 0 aliphatic carbocycles. The highest BCUT2D eigenvalue weighted by Crippen LogP contribution is 2.33. The summed E-state index contributed by atoms with van der Waals surface area (Å²) in [6.45, 7) is 3.00. The van der Waals surface area contributed by atoms with E-state index in [0.29, 0.717) is 11.4 Å². The van der Waals surface area contributed by atoms with Crippen LogP contribution in [-0.2, 0) is 4.79 Å². The lowest BCUT2D eigenvalue weighted by molar-refractivity contribution is -0.114. The topological polar surface area (TPSA) is 93.7 Å². The lowest BCUT2D eigenvalue weighted by Gasteiger charge is -2.15. The highest BCUT2D eigenvalue weighted by molar-refractivity contribution is 5.86. The fourth-order valence-electron chi connectivity index (χ4n) is 1.72. The van der Waals surface area contributed by atoms with Crippen molar-refractivity contribution in [2.45, 2.75) is 13.8 Å². The molecule has 0 bridgehead atoms. The zero-order valence-corrected chi connectivity index (χ0v) is 13.9. The molecule has 1 aromatic carbocycles. The van der Waals surface area contributed by atoms with Crippen LogP contribution in [0.15, 0.2) is 30.3 Å². The smallest absolute Gasteiger partial charge is 0.416 e. The number of carbonyl (C=O) groups is 2. The fourth-order valence-corrected chi connectivity index (χ4v) is 1.72. The van der Waals surface area contributed by atoms with Crippen LogP contribution >= 0.6 is 0 Å². The molecule has 1 N–H and O–H groups in total. The van der Waals surface area contributed by atoms with E-state index in [1.807, 2.05) is 18.2 Å². The van der Waals surface area contributed by atoms with Gasteiger partial charge in [0.15, 0.2) is 0 Å². The minimum Gasteiger partial charge on any atom is -0.450 e. The highest BCUT2D eigenvalue weighted by atomic mass is 16.6. The van der Waals surface area contributed by atoms with E-state index in [1.54, 1.807) is 33.2 Å². The molecule has 2 aromatic rings. The Morgan fingerprint density at radius 1 is 1.12 bits per heavy atom. The van der Waals surface area contributed by atoms with Gasteiger partial charge >= 0.3 is 6.09 Å². The number of hydrogen-bond donors (Lipinski definition) is 1. The van der Waals surface area contributed by atoms with Gasteiger partial charge in [0.1, 0.15) is 5.75 Å². The first kappa shape index (κ1) is 17.2. The minimum absolute atomic E-state index is 0.0296. The average molecular weight is 330 g/mol. The molecular formula is C16H18N4O4. The van der Waals surface area contributed by atoms with Crippen LogP contribution in [0.1, 0.15) is 12.6 Å². The van der Waals surface area contributed by atoms with Crippen LogP contribution in [-0.4, -0.2) is 41.0 Å². The molecule has 0 atom stereocenters. The number of anilines is 1. The molecule has 1 heterocycles. The van der Waals surface area contributed by atoms with E-state index < -0.39 is 6.09 Å². The molecule has 2 amide bonds. The predicted octanol–water partition coefficient (Wildman–Crippen LogP) is 2.60. The van der Waals surface area contributed by atoms with Gasteiger partial charge in [-0.1, -0.05) is 18.2 Å². The van der Waals surface area contributed by atoms with E-state index in [0.717, 1.165) is 0 Å². The number of rotatable bonds is 4. The number of benzene rings is 1. The van der Waals surface area contributed by atoms with Gasteiger partial charge in [-0.3, -0.25) is 10.1 Å². The summed E-state index contributed by atoms with van der Waals surface area (Å²) in [7, 11) is 3.09. The Hall–Kier alpha value is -3.16. The molecule has 8 nitrogen and oxygen atoms in total. The summed E-state index contributed by atoms with van der Waals surface area (Å²) in [5.41, 5.74) is 0.416. The molecule has 0 fully saturated rings. The average Bonchev–Trinajstić information content (AvgIpc) is 2.51. The van der Waals surface area contributed by atoms with Gasteiger partial charge in [0.25, 0.3) is 5.88 Å². The zero-order chi connectivity index (χ0) is 17.7. The molecular weight excluding hydrogens is 312 g/mol. The summed E-state index contributed by atoms with van der Waals surface area (Å²) < 4.78 is 11.0. The summed E-state index contributed by atoms with van der Waals surface area (Å²) in [6, 6.07) is 8.96. The quantitative estimate of drug-likeness (QED) is 0.926. The molecule has 0 aliphatic rings. The molecule has 0 spiro atoms. The number of amides is 2. The third kappa shape index (κ3) is 4.42. The van der Waals surface area contributed by atoms with Crippen molar-refractivity contribution in [2.24, 2.45) is 0 Å². The maximum absolute atomic E-state index is 11.9. The number of para-hydroxylation sites is 1. The van der Waals surface area contributed by atoms with Crippen molar-refractivity contribution >= 4 is 17.9 Å². The van der Waals surface area contributed by atoms with Crippen molar-refractivity contribution in [1.29, 1.82) is 0 Å². The van der Waals surface area contributed by atoms with Gasteiger partial charge in [-0.15, -0.1) is 0 Å². The SMILES string of the molecule is CC(=O)Nc1nc(C)c(Oc2ccccc2)c(OC(=O)N(C)C)n1. The molecule has 0 radical (unpaired) electrons. The first-order valence-corrected chi connectivity index (χ1v) is 7.15. The molecule has 8 heteroatoms. The first-order chi connectivity index (χ1) is 11.4. The van der Waals surface area contributed by atoms with Crippen molar-refractivity contribution in [3.05, 3.63) is 36.0 Å². The molecule has 1 aromatic heterocycles. The summed E-state index contributed by atoms with van der Waals surface area (Å²) in [5.74, 6) is 0.357. The maximum atomic E-state index is 11.9. The zero-order valence-electron chi connectivity index (χ0n) is 13.9. The number of aryl methyl sites for hydroxylation is 1. The van der Waals surface area contributed by atoms with E-state index in [2.05, 4.69) is 15.3 Å². The Bertz CT molecular complexity index is 747. The minimum atomic E-state index is -0.625. The van der Waals surface area contributed by atoms with Crippen LogP contribution in [0.3, 0.4) is 0 Å². The molecule has 2 rings (SSSR count). The van der Waals surface area contributed by atoms with Crippen molar-refractivity contribution in [1.82, 2.24) is 14.9 Å². The van der Waals surface area contributed by atoms with Gasteiger partial charge in [-0.2, -0.15) is 4.98 Å². The van der Waals surface area contributed by atoms with Gasteiger partial charge in [0, 0.05) is 21.0 Å². The standard InChI is InChI=1S/C16H18N4O4/c1-10-13(23-12-8-6-5-7-9-12)14(24-16(22)20(3)4)19-15(17-10)18-11(2)21/h5-9H,1-4H3,(H,17,18,19,21). The molecule has 0 saturated carbocycles. The summed E-state index contributed by atoms with van der Waals surface area (Å²) in [6.07, 6.45) is -0.625. The normalized spacial score (nSPS) is 10.0. The van der Waals surface area contributed by atoms with Crippen LogP contribution in [0.5, 0.6) is 17.4 Å². The maximum Gasteiger partial charge on any atom is 0.416 e. The lowest BCUT2D eigenvalue weighted by Crippen LogP contribution is -2.26. The Balaban J connectivity index is 2.42. The largest absolute Gasteiger partial charge is 0.450 e. The van der Waals surface area contributed by atoms with E-state index in [9.17, 15) is 9.59 Å². The number of aromatic nitrogens is 2. The number of carbonyl (C=O) groups excluding carboxylic acids is 2. The van der Waals surface area contributed by atoms with Crippen molar-refractivity contribution in [2.75, 3.05) is 19.4 Å². The van der Waals surface area contributed by atoms with Crippen molar-refractivity contribution in [3.8, 4) is 17.4 Å². The van der Waals surface area contributed by atoms with E-state index in [4.69, 9.17) is 9.47 Å². The second-order valence-electron chi connectivity index (χ2n) is 5.13. The van der Waals surface area contributed by atoms with Crippen LogP contribution in [0.4, 0.5) is 10.7 Å². The number of hydrogen-bond acceptors (Lipinski definition) is 6. The molecule has 24 heavy (non-hydrogen) atoms. The van der Waals surface area contributed by atoms with Gasteiger partial charge in [0.2, 0.25) is 17.6 Å². The van der Waals surface area contributed by atoms with E-state index >= 15 is 0 Å². The van der Waals surface area contributed by atoms with E-state index in [1.165, 1.54) is 11.8 Å². The summed E-state index contributed by atoms with van der Waals surface area (Å²) in [5, 5.41) is 2.46. The van der Waals surface area contributed by atoms with Gasteiger partial charge in [0.05, 0.1) is 5.69 Å². The van der Waals surface area contributed by atoms with Gasteiger partial charge < -0.3 is 14.4 Å². The molecule has 126 valence electrons. The Morgan fingerprint density at radius 3 is 2.38 bits per heavy atom. The summed E-state index contributed by atoms with van der Waals surface area (Å²) >= 11 is 0. The number of nitrogens with one attached hydrogen (secondary N) is 1. The van der Waals surface area contributed by atoms with Gasteiger partial charge in [-0.05, 0) is 19.1 Å². The Kier molecular flexibility index (Phi) is 5.31. The fraction of sp³-hybridized carbons (Fsp3) is 0.250. The van der Waals surface area contributed by atoms with E-state index in [-0.39, 0.29) is 23.5 Å². The molecule has 0 saturated heterocycles.